The van der Waals surface area contributed by atoms with Crippen LogP contribution in [-0.4, -0.2) is 74.3 Å². The summed E-state index contributed by atoms with van der Waals surface area (Å²) in [5.41, 5.74) is 1.30. The summed E-state index contributed by atoms with van der Waals surface area (Å²) in [6.45, 7) is 5.86. The van der Waals surface area contributed by atoms with Crippen LogP contribution in [0.5, 0.6) is 0 Å². The lowest BCUT2D eigenvalue weighted by Gasteiger charge is -2.27. The Morgan fingerprint density at radius 3 is 2.88 bits per heavy atom. The second-order valence-corrected chi connectivity index (χ2v) is 6.17. The number of nitrogens with one attached hydrogen (secondary N) is 1. The third-order valence-corrected chi connectivity index (χ3v) is 4.56. The molecule has 1 fully saturated rings. The fraction of sp³-hybridized carbons (Fsp3) is 0.588. The summed E-state index contributed by atoms with van der Waals surface area (Å²) >= 11 is 0. The number of aromatic nitrogens is 1. The molecule has 0 unspecified atom stereocenters. The van der Waals surface area contributed by atoms with Gasteiger partial charge in [-0.15, -0.1) is 0 Å². The smallest absolute Gasteiger partial charge is 0.273 e. The Morgan fingerprint density at radius 2 is 2.16 bits per heavy atom. The van der Waals surface area contributed by atoms with Gasteiger partial charge in [0, 0.05) is 38.9 Å². The molecule has 0 aromatic carbocycles. The lowest BCUT2D eigenvalue weighted by atomic mass is 10.2. The van der Waals surface area contributed by atoms with E-state index in [-0.39, 0.29) is 11.8 Å². The Kier molecular flexibility index (Phi) is 5.50. The fourth-order valence-corrected chi connectivity index (χ4v) is 3.03. The summed E-state index contributed by atoms with van der Waals surface area (Å²) < 4.78 is 10.3. The second kappa shape index (κ2) is 7.79. The van der Waals surface area contributed by atoms with E-state index in [0.717, 1.165) is 24.5 Å². The molecule has 136 valence electrons. The summed E-state index contributed by atoms with van der Waals surface area (Å²) in [4.78, 5) is 33.2. The molecule has 0 bridgehead atoms. The quantitative estimate of drug-likeness (QED) is 0.730. The topological polar surface area (TPSA) is 84.0 Å². The number of morpholine rings is 1. The number of carbonyl (C=O) groups excluding carboxylic acids is 2. The molecule has 1 atom stereocenters. The Hall–Kier alpha value is -2.19. The average Bonchev–Trinajstić information content (AvgIpc) is 2.98. The van der Waals surface area contributed by atoms with Crippen molar-refractivity contribution in [1.82, 2.24) is 15.2 Å². The number of methoxy groups -OCH3 is 1. The standard InChI is InChI=1S/C17H24N4O4/c1-12(16(22)18-5-8-24-2)21-11-13-3-4-14(19-15(13)17(21)23)20-6-9-25-10-7-20/h3-4,12H,5-11H2,1-2H3,(H,18,22)/t12-/m1/s1. The molecule has 0 aliphatic carbocycles. The molecule has 8 nitrogen and oxygen atoms in total. The molecule has 1 N–H and O–H groups in total. The van der Waals surface area contributed by atoms with Gasteiger partial charge in [-0.2, -0.15) is 0 Å². The maximum atomic E-state index is 12.7. The molecule has 3 heterocycles. The van der Waals surface area contributed by atoms with Crippen molar-refractivity contribution in [2.75, 3.05) is 51.5 Å². The first kappa shape index (κ1) is 17.6. The molecule has 2 aliphatic heterocycles. The number of ether oxygens (including phenoxy) is 2. The van der Waals surface area contributed by atoms with E-state index in [4.69, 9.17) is 9.47 Å². The summed E-state index contributed by atoms with van der Waals surface area (Å²) in [5, 5.41) is 2.77. The van der Waals surface area contributed by atoms with Crippen LogP contribution in [0.1, 0.15) is 23.0 Å². The van der Waals surface area contributed by atoms with E-state index in [1.807, 2.05) is 12.1 Å². The minimum atomic E-state index is -0.551. The Bertz CT molecular complexity index is 646. The lowest BCUT2D eigenvalue weighted by molar-refractivity contribution is -0.125. The van der Waals surface area contributed by atoms with Crippen LogP contribution in [0.25, 0.3) is 0 Å². The van der Waals surface area contributed by atoms with Gasteiger partial charge in [-0.05, 0) is 13.0 Å². The lowest BCUT2D eigenvalue weighted by Crippen LogP contribution is -2.46. The zero-order chi connectivity index (χ0) is 17.8. The highest BCUT2D eigenvalue weighted by Gasteiger charge is 2.35. The number of hydrogen-bond acceptors (Lipinski definition) is 6. The highest BCUT2D eigenvalue weighted by atomic mass is 16.5. The monoisotopic (exact) mass is 348 g/mol. The summed E-state index contributed by atoms with van der Waals surface area (Å²) in [5.74, 6) is 0.403. The van der Waals surface area contributed by atoms with Crippen molar-refractivity contribution in [1.29, 1.82) is 0 Å². The number of anilines is 1. The predicted molar refractivity (Wildman–Crippen MR) is 91.5 cm³/mol. The van der Waals surface area contributed by atoms with Gasteiger partial charge in [-0.3, -0.25) is 9.59 Å². The van der Waals surface area contributed by atoms with Crippen molar-refractivity contribution < 1.29 is 19.1 Å². The van der Waals surface area contributed by atoms with Crippen molar-refractivity contribution in [3.8, 4) is 0 Å². The first-order valence-corrected chi connectivity index (χ1v) is 8.52. The highest BCUT2D eigenvalue weighted by molar-refractivity contribution is 5.99. The molecule has 3 rings (SSSR count). The van der Waals surface area contributed by atoms with Crippen molar-refractivity contribution >= 4 is 17.6 Å². The SMILES string of the molecule is COCCNC(=O)[C@@H](C)N1Cc2ccc(N3CCOCC3)nc2C1=O. The molecule has 0 saturated carbocycles. The third kappa shape index (κ3) is 3.74. The van der Waals surface area contributed by atoms with Gasteiger partial charge in [0.25, 0.3) is 5.91 Å². The molecule has 25 heavy (non-hydrogen) atoms. The summed E-state index contributed by atoms with van der Waals surface area (Å²) in [7, 11) is 1.58. The highest BCUT2D eigenvalue weighted by Crippen LogP contribution is 2.26. The van der Waals surface area contributed by atoms with Gasteiger partial charge < -0.3 is 24.6 Å². The molecular formula is C17H24N4O4. The number of nitrogens with zero attached hydrogens (tertiary/aromatic N) is 3. The van der Waals surface area contributed by atoms with Gasteiger partial charge in [0.2, 0.25) is 5.91 Å². The second-order valence-electron chi connectivity index (χ2n) is 6.17. The zero-order valence-corrected chi connectivity index (χ0v) is 14.7. The molecule has 8 heteroatoms. The van der Waals surface area contributed by atoms with E-state index in [1.165, 1.54) is 0 Å². The van der Waals surface area contributed by atoms with Crippen LogP contribution in [0.4, 0.5) is 5.82 Å². The fourth-order valence-electron chi connectivity index (χ4n) is 3.03. The van der Waals surface area contributed by atoms with E-state index in [2.05, 4.69) is 15.2 Å². The number of rotatable bonds is 6. The minimum Gasteiger partial charge on any atom is -0.383 e. The summed E-state index contributed by atoms with van der Waals surface area (Å²) in [6.07, 6.45) is 0. The van der Waals surface area contributed by atoms with Gasteiger partial charge >= 0.3 is 0 Å². The van der Waals surface area contributed by atoms with Crippen LogP contribution >= 0.6 is 0 Å². The maximum Gasteiger partial charge on any atom is 0.273 e. The molecule has 0 spiro atoms. The van der Waals surface area contributed by atoms with Gasteiger partial charge in [-0.25, -0.2) is 4.98 Å². The molecule has 1 aromatic rings. The third-order valence-electron chi connectivity index (χ3n) is 4.56. The van der Waals surface area contributed by atoms with Crippen LogP contribution in [0, 0.1) is 0 Å². The van der Waals surface area contributed by atoms with Gasteiger partial charge in [0.1, 0.15) is 17.6 Å². The first-order valence-electron chi connectivity index (χ1n) is 8.52. The zero-order valence-electron chi connectivity index (χ0n) is 14.7. The van der Waals surface area contributed by atoms with Crippen molar-refractivity contribution in [2.45, 2.75) is 19.5 Å². The van der Waals surface area contributed by atoms with E-state index < -0.39 is 6.04 Å². The van der Waals surface area contributed by atoms with Gasteiger partial charge in [0.05, 0.1) is 19.8 Å². The molecule has 2 aliphatic rings. The predicted octanol–water partition coefficient (Wildman–Crippen LogP) is 0.0251. The molecule has 2 amide bonds. The van der Waals surface area contributed by atoms with Crippen molar-refractivity contribution in [3.63, 3.8) is 0 Å². The van der Waals surface area contributed by atoms with Crippen LogP contribution in [0.3, 0.4) is 0 Å². The van der Waals surface area contributed by atoms with E-state index in [9.17, 15) is 9.59 Å². The Morgan fingerprint density at radius 1 is 1.40 bits per heavy atom. The molecule has 0 radical (unpaired) electrons. The number of fused-ring (bicyclic) bond motifs is 1. The number of amides is 2. The van der Waals surface area contributed by atoms with E-state index >= 15 is 0 Å². The largest absolute Gasteiger partial charge is 0.383 e. The molecule has 1 aromatic heterocycles. The average molecular weight is 348 g/mol. The van der Waals surface area contributed by atoms with E-state index in [1.54, 1.807) is 18.9 Å². The molecular weight excluding hydrogens is 324 g/mol. The first-order chi connectivity index (χ1) is 12.1. The van der Waals surface area contributed by atoms with Gasteiger partial charge in [-0.1, -0.05) is 6.07 Å². The van der Waals surface area contributed by atoms with Crippen LogP contribution in [0.15, 0.2) is 12.1 Å². The minimum absolute atomic E-state index is 0.188. The number of pyridine rings is 1. The number of carbonyl (C=O) groups is 2. The van der Waals surface area contributed by atoms with Crippen LogP contribution in [-0.2, 0) is 20.8 Å². The van der Waals surface area contributed by atoms with E-state index in [0.29, 0.717) is 38.6 Å². The van der Waals surface area contributed by atoms with Crippen LogP contribution in [0.2, 0.25) is 0 Å². The normalized spacial score (nSPS) is 18.2. The van der Waals surface area contributed by atoms with Gasteiger partial charge in [0.15, 0.2) is 0 Å². The van der Waals surface area contributed by atoms with Crippen molar-refractivity contribution in [3.05, 3.63) is 23.4 Å². The van der Waals surface area contributed by atoms with Crippen molar-refractivity contribution in [2.24, 2.45) is 0 Å². The summed E-state index contributed by atoms with van der Waals surface area (Å²) in [6, 6.07) is 3.32. The number of hydrogen-bond donors (Lipinski definition) is 1. The Labute approximate surface area is 147 Å². The maximum absolute atomic E-state index is 12.7. The molecule has 1 saturated heterocycles. The Balaban J connectivity index is 1.69. The van der Waals surface area contributed by atoms with Crippen LogP contribution < -0.4 is 10.2 Å².